The molecule has 3 nitrogen and oxygen atoms in total. The second-order valence-electron chi connectivity index (χ2n) is 3.94. The van der Waals surface area contributed by atoms with Crippen LogP contribution >= 0.6 is 11.3 Å². The van der Waals surface area contributed by atoms with Crippen molar-refractivity contribution in [3.63, 3.8) is 0 Å². The molecule has 0 atom stereocenters. The molecule has 1 aromatic heterocycles. The molecule has 0 saturated carbocycles. The monoisotopic (exact) mass is 284 g/mol. The predicted molar refractivity (Wildman–Crippen MR) is 72.1 cm³/mol. The molecular weight excluding hydrogens is 270 g/mol. The van der Waals surface area contributed by atoms with Gasteiger partial charge < -0.3 is 10.1 Å². The van der Waals surface area contributed by atoms with Gasteiger partial charge in [-0.15, -0.1) is 11.3 Å². The number of benzene rings is 1. The number of hydrogen-bond acceptors (Lipinski definition) is 4. The zero-order valence-corrected chi connectivity index (χ0v) is 11.2. The fraction of sp³-hybridized carbons (Fsp3) is 0.308. The maximum atomic E-state index is 12.0. The lowest BCUT2D eigenvalue weighted by molar-refractivity contribution is -0.0498. The van der Waals surface area contributed by atoms with Crippen molar-refractivity contribution in [3.8, 4) is 5.75 Å². The second kappa shape index (κ2) is 6.47. The summed E-state index contributed by atoms with van der Waals surface area (Å²) in [6, 6.07) is 6.48. The zero-order chi connectivity index (χ0) is 13.7. The normalized spacial score (nSPS) is 10.7. The molecule has 0 radical (unpaired) electrons. The first-order chi connectivity index (χ1) is 9.15. The molecule has 0 saturated heterocycles. The number of halogens is 2. The van der Waals surface area contributed by atoms with Gasteiger partial charge in [0.25, 0.3) is 0 Å². The van der Waals surface area contributed by atoms with Crippen LogP contribution in [-0.2, 0) is 6.42 Å². The lowest BCUT2D eigenvalue weighted by Gasteiger charge is -2.08. The molecule has 0 fully saturated rings. The van der Waals surface area contributed by atoms with E-state index in [1.54, 1.807) is 23.5 Å². The molecule has 0 aliphatic carbocycles. The van der Waals surface area contributed by atoms with Crippen molar-refractivity contribution >= 4 is 17.0 Å². The quantitative estimate of drug-likeness (QED) is 0.878. The Morgan fingerprint density at radius 3 is 2.63 bits per heavy atom. The number of aryl methyl sites for hydroxylation is 1. The molecule has 0 unspecified atom stereocenters. The van der Waals surface area contributed by atoms with E-state index >= 15 is 0 Å². The number of ether oxygens (including phenoxy) is 1. The Balaban J connectivity index is 1.81. The van der Waals surface area contributed by atoms with Crippen molar-refractivity contribution in [2.75, 3.05) is 11.9 Å². The minimum atomic E-state index is -2.78. The summed E-state index contributed by atoms with van der Waals surface area (Å²) in [6.45, 7) is -0.0199. The van der Waals surface area contributed by atoms with Crippen LogP contribution in [0.2, 0.25) is 0 Å². The maximum Gasteiger partial charge on any atom is 0.387 e. The largest absolute Gasteiger partial charge is 0.435 e. The van der Waals surface area contributed by atoms with Crippen molar-refractivity contribution in [2.45, 2.75) is 20.0 Å². The highest BCUT2D eigenvalue weighted by Gasteiger charge is 2.04. The summed E-state index contributed by atoms with van der Waals surface area (Å²) in [5.74, 6) is 0.166. The van der Waals surface area contributed by atoms with Crippen LogP contribution in [0.5, 0.6) is 5.75 Å². The summed E-state index contributed by atoms with van der Waals surface area (Å²) in [7, 11) is 0. The smallest absolute Gasteiger partial charge is 0.387 e. The van der Waals surface area contributed by atoms with E-state index in [-0.39, 0.29) is 5.75 Å². The molecule has 1 heterocycles. The minimum absolute atomic E-state index is 0.166. The van der Waals surface area contributed by atoms with E-state index in [1.165, 1.54) is 17.0 Å². The highest BCUT2D eigenvalue weighted by Crippen LogP contribution is 2.18. The molecule has 1 N–H and O–H groups in total. The molecule has 102 valence electrons. The molecule has 19 heavy (non-hydrogen) atoms. The van der Waals surface area contributed by atoms with Crippen molar-refractivity contribution in [2.24, 2.45) is 0 Å². The number of aromatic nitrogens is 1. The third-order valence-corrected chi connectivity index (χ3v) is 3.60. The van der Waals surface area contributed by atoms with Crippen molar-refractivity contribution < 1.29 is 13.5 Å². The molecule has 0 bridgehead atoms. The van der Waals surface area contributed by atoms with Gasteiger partial charge in [-0.3, -0.25) is 0 Å². The highest BCUT2D eigenvalue weighted by molar-refractivity contribution is 7.09. The Hall–Kier alpha value is -1.69. The van der Waals surface area contributed by atoms with Crippen LogP contribution in [0.25, 0.3) is 0 Å². The Bertz CT molecular complexity index is 514. The highest BCUT2D eigenvalue weighted by atomic mass is 32.1. The van der Waals surface area contributed by atoms with Gasteiger partial charge in [-0.1, -0.05) is 0 Å². The van der Waals surface area contributed by atoms with Crippen LogP contribution in [-0.4, -0.2) is 18.1 Å². The Morgan fingerprint density at radius 2 is 2.05 bits per heavy atom. The number of nitrogens with zero attached hydrogens (tertiary/aromatic N) is 1. The van der Waals surface area contributed by atoms with Gasteiger partial charge in [0.1, 0.15) is 5.75 Å². The Morgan fingerprint density at radius 1 is 1.32 bits per heavy atom. The number of nitrogens with one attached hydrogen (secondary N) is 1. The van der Waals surface area contributed by atoms with Gasteiger partial charge in [0, 0.05) is 23.5 Å². The van der Waals surface area contributed by atoms with E-state index in [0.717, 1.165) is 24.3 Å². The SMILES string of the molecule is Cc1ncsc1CCNc1ccc(OC(F)F)cc1. The molecular formula is C13H14F2N2OS. The first kappa shape index (κ1) is 13.7. The number of rotatable bonds is 6. The van der Waals surface area contributed by atoms with Gasteiger partial charge >= 0.3 is 6.61 Å². The van der Waals surface area contributed by atoms with E-state index in [2.05, 4.69) is 15.0 Å². The second-order valence-corrected chi connectivity index (χ2v) is 4.88. The molecule has 0 spiro atoms. The Kier molecular flexibility index (Phi) is 4.68. The average molecular weight is 284 g/mol. The van der Waals surface area contributed by atoms with Crippen molar-refractivity contribution in [3.05, 3.63) is 40.3 Å². The van der Waals surface area contributed by atoms with Gasteiger partial charge in [-0.2, -0.15) is 8.78 Å². The average Bonchev–Trinajstić information content (AvgIpc) is 2.77. The lowest BCUT2D eigenvalue weighted by Crippen LogP contribution is -2.05. The maximum absolute atomic E-state index is 12.0. The first-order valence-corrected chi connectivity index (χ1v) is 6.71. The van der Waals surface area contributed by atoms with E-state index in [1.807, 2.05) is 12.4 Å². The predicted octanol–water partition coefficient (Wildman–Crippen LogP) is 3.71. The summed E-state index contributed by atoms with van der Waals surface area (Å²) in [6.07, 6.45) is 0.895. The molecule has 0 aliphatic rings. The lowest BCUT2D eigenvalue weighted by atomic mass is 10.2. The molecule has 6 heteroatoms. The minimum Gasteiger partial charge on any atom is -0.435 e. The van der Waals surface area contributed by atoms with Crippen LogP contribution in [0.4, 0.5) is 14.5 Å². The van der Waals surface area contributed by atoms with Gasteiger partial charge in [-0.25, -0.2) is 4.98 Å². The molecule has 2 rings (SSSR count). The van der Waals surface area contributed by atoms with Crippen LogP contribution in [0, 0.1) is 6.92 Å². The van der Waals surface area contributed by atoms with Crippen molar-refractivity contribution in [1.82, 2.24) is 4.98 Å². The fourth-order valence-corrected chi connectivity index (χ4v) is 2.42. The summed E-state index contributed by atoms with van der Waals surface area (Å²) < 4.78 is 28.2. The molecule has 0 aliphatic heterocycles. The van der Waals surface area contributed by atoms with Crippen molar-refractivity contribution in [1.29, 1.82) is 0 Å². The molecule has 1 aromatic carbocycles. The van der Waals surface area contributed by atoms with E-state index in [9.17, 15) is 8.78 Å². The first-order valence-electron chi connectivity index (χ1n) is 5.83. The third kappa shape index (κ3) is 4.17. The van der Waals surface area contributed by atoms with Crippen LogP contribution in [0.3, 0.4) is 0 Å². The number of alkyl halides is 2. The van der Waals surface area contributed by atoms with E-state index in [0.29, 0.717) is 0 Å². The summed E-state index contributed by atoms with van der Waals surface area (Å²) in [5, 5.41) is 3.23. The number of hydrogen-bond donors (Lipinski definition) is 1. The van der Waals surface area contributed by atoms with Crippen LogP contribution < -0.4 is 10.1 Å². The summed E-state index contributed by atoms with van der Waals surface area (Å²) in [4.78, 5) is 5.44. The van der Waals surface area contributed by atoms with Gasteiger partial charge in [0.15, 0.2) is 0 Å². The standard InChI is InChI=1S/C13H14F2N2OS/c1-9-12(19-8-17-9)6-7-16-10-2-4-11(5-3-10)18-13(14)15/h2-5,8,13,16H,6-7H2,1H3. The molecule has 2 aromatic rings. The summed E-state index contributed by atoms with van der Waals surface area (Å²) >= 11 is 1.64. The fourth-order valence-electron chi connectivity index (χ4n) is 1.64. The van der Waals surface area contributed by atoms with Gasteiger partial charge in [-0.05, 0) is 31.2 Å². The molecule has 0 amide bonds. The van der Waals surface area contributed by atoms with E-state index < -0.39 is 6.61 Å². The number of thiazole rings is 1. The van der Waals surface area contributed by atoms with Crippen LogP contribution in [0.15, 0.2) is 29.8 Å². The van der Waals surface area contributed by atoms with Crippen LogP contribution in [0.1, 0.15) is 10.6 Å². The van der Waals surface area contributed by atoms with Gasteiger partial charge in [0.2, 0.25) is 0 Å². The topological polar surface area (TPSA) is 34.2 Å². The number of anilines is 1. The Labute approximate surface area is 114 Å². The van der Waals surface area contributed by atoms with E-state index in [4.69, 9.17) is 0 Å². The summed E-state index contributed by atoms with van der Waals surface area (Å²) in [5.41, 5.74) is 3.78. The third-order valence-electron chi connectivity index (χ3n) is 2.61. The van der Waals surface area contributed by atoms with Gasteiger partial charge in [0.05, 0.1) is 11.2 Å². The zero-order valence-electron chi connectivity index (χ0n) is 10.4.